The smallest absolute Gasteiger partial charge is 0.135 e. The maximum Gasteiger partial charge on any atom is 0.135 e. The van der Waals surface area contributed by atoms with Crippen LogP contribution in [-0.2, 0) is 4.79 Å². The number of Topliss-reactive ketones (excluding diaryl/α,β-unsaturated/α-hetero) is 1. The van der Waals surface area contributed by atoms with Crippen molar-refractivity contribution in [1.29, 1.82) is 0 Å². The molecule has 0 aromatic heterocycles. The van der Waals surface area contributed by atoms with Crippen molar-refractivity contribution in [3.8, 4) is 0 Å². The van der Waals surface area contributed by atoms with Crippen LogP contribution in [-0.4, -0.2) is 17.5 Å². The molecule has 0 saturated heterocycles. The molecular formula is C15H28O2. The van der Waals surface area contributed by atoms with Crippen molar-refractivity contribution in [3.63, 3.8) is 0 Å². The molecule has 2 unspecified atom stereocenters. The van der Waals surface area contributed by atoms with Crippen LogP contribution in [0.1, 0.15) is 71.1 Å². The lowest BCUT2D eigenvalue weighted by atomic mass is 9.76. The quantitative estimate of drug-likeness (QED) is 0.657. The van der Waals surface area contributed by atoms with Gasteiger partial charge >= 0.3 is 0 Å². The summed E-state index contributed by atoms with van der Waals surface area (Å²) in [5, 5.41) is 8.70. The lowest BCUT2D eigenvalue weighted by molar-refractivity contribution is -0.125. The van der Waals surface area contributed by atoms with E-state index >= 15 is 0 Å². The molecule has 1 saturated carbocycles. The average molecular weight is 240 g/mol. The van der Waals surface area contributed by atoms with Gasteiger partial charge in [-0.25, -0.2) is 0 Å². The van der Waals surface area contributed by atoms with Gasteiger partial charge in [0.25, 0.3) is 0 Å². The summed E-state index contributed by atoms with van der Waals surface area (Å²) in [4.78, 5) is 11.8. The SMILES string of the molecule is CCCC1CCC(=O)C(CCCCCCO)C1. The van der Waals surface area contributed by atoms with Gasteiger partial charge < -0.3 is 5.11 Å². The summed E-state index contributed by atoms with van der Waals surface area (Å²) in [6.07, 6.45) is 11.1. The largest absolute Gasteiger partial charge is 0.396 e. The monoisotopic (exact) mass is 240 g/mol. The standard InChI is InChI=1S/C15H28O2/c1-2-7-13-9-10-15(17)14(12-13)8-5-3-4-6-11-16/h13-14,16H,2-12H2,1H3. The van der Waals surface area contributed by atoms with E-state index in [2.05, 4.69) is 6.92 Å². The van der Waals surface area contributed by atoms with Crippen molar-refractivity contribution in [2.24, 2.45) is 11.8 Å². The van der Waals surface area contributed by atoms with Gasteiger partial charge in [-0.3, -0.25) is 4.79 Å². The van der Waals surface area contributed by atoms with E-state index < -0.39 is 0 Å². The molecule has 1 aliphatic carbocycles. The highest BCUT2D eigenvalue weighted by atomic mass is 16.2. The van der Waals surface area contributed by atoms with E-state index in [4.69, 9.17) is 5.11 Å². The third-order valence-electron chi connectivity index (χ3n) is 4.03. The molecule has 0 aliphatic heterocycles. The number of rotatable bonds is 8. The lowest BCUT2D eigenvalue weighted by Crippen LogP contribution is -2.24. The molecule has 0 bridgehead atoms. The number of aliphatic hydroxyl groups excluding tert-OH is 1. The molecule has 1 fully saturated rings. The second kappa shape index (κ2) is 8.68. The highest BCUT2D eigenvalue weighted by Gasteiger charge is 2.27. The van der Waals surface area contributed by atoms with E-state index in [0.717, 1.165) is 50.9 Å². The summed E-state index contributed by atoms with van der Waals surface area (Å²) in [5.74, 6) is 1.68. The van der Waals surface area contributed by atoms with Crippen molar-refractivity contribution in [2.75, 3.05) is 6.61 Å². The predicted molar refractivity (Wildman–Crippen MR) is 70.9 cm³/mol. The molecule has 1 aliphatic rings. The Morgan fingerprint density at radius 3 is 2.65 bits per heavy atom. The first kappa shape index (κ1) is 14.7. The van der Waals surface area contributed by atoms with Gasteiger partial charge in [-0.05, 0) is 31.6 Å². The van der Waals surface area contributed by atoms with E-state index in [1.54, 1.807) is 0 Å². The van der Waals surface area contributed by atoms with Gasteiger partial charge in [-0.15, -0.1) is 0 Å². The number of hydrogen-bond donors (Lipinski definition) is 1. The molecule has 0 aromatic rings. The fourth-order valence-electron chi connectivity index (χ4n) is 3.01. The van der Waals surface area contributed by atoms with Crippen LogP contribution in [0.5, 0.6) is 0 Å². The van der Waals surface area contributed by atoms with Crippen LogP contribution in [0.25, 0.3) is 0 Å². The van der Waals surface area contributed by atoms with Crippen LogP contribution < -0.4 is 0 Å². The molecule has 1 rings (SSSR count). The van der Waals surface area contributed by atoms with E-state index in [1.165, 1.54) is 19.3 Å². The Balaban J connectivity index is 2.18. The Morgan fingerprint density at radius 2 is 1.94 bits per heavy atom. The van der Waals surface area contributed by atoms with Gasteiger partial charge in [0.15, 0.2) is 0 Å². The zero-order chi connectivity index (χ0) is 12.5. The first-order valence-corrected chi connectivity index (χ1v) is 7.41. The van der Waals surface area contributed by atoms with E-state index in [-0.39, 0.29) is 0 Å². The summed E-state index contributed by atoms with van der Waals surface area (Å²) in [6, 6.07) is 0. The fraction of sp³-hybridized carbons (Fsp3) is 0.933. The van der Waals surface area contributed by atoms with Crippen molar-refractivity contribution in [3.05, 3.63) is 0 Å². The molecule has 0 spiro atoms. The van der Waals surface area contributed by atoms with Gasteiger partial charge in [-0.1, -0.05) is 39.0 Å². The van der Waals surface area contributed by atoms with Crippen LogP contribution in [0, 0.1) is 11.8 Å². The molecule has 0 aromatic carbocycles. The van der Waals surface area contributed by atoms with Crippen LogP contribution in [0.2, 0.25) is 0 Å². The van der Waals surface area contributed by atoms with Crippen molar-refractivity contribution >= 4 is 5.78 Å². The van der Waals surface area contributed by atoms with Crippen molar-refractivity contribution < 1.29 is 9.90 Å². The minimum atomic E-state index is 0.306. The lowest BCUT2D eigenvalue weighted by Gasteiger charge is -2.27. The van der Waals surface area contributed by atoms with E-state index in [1.807, 2.05) is 0 Å². The third kappa shape index (κ3) is 5.67. The van der Waals surface area contributed by atoms with Crippen LogP contribution in [0.4, 0.5) is 0 Å². The zero-order valence-electron chi connectivity index (χ0n) is 11.3. The van der Waals surface area contributed by atoms with Crippen LogP contribution in [0.3, 0.4) is 0 Å². The topological polar surface area (TPSA) is 37.3 Å². The third-order valence-corrected chi connectivity index (χ3v) is 4.03. The molecular weight excluding hydrogens is 212 g/mol. The Hall–Kier alpha value is -0.370. The minimum Gasteiger partial charge on any atom is -0.396 e. The van der Waals surface area contributed by atoms with Crippen molar-refractivity contribution in [1.82, 2.24) is 0 Å². The Morgan fingerprint density at radius 1 is 1.18 bits per heavy atom. The second-order valence-electron chi connectivity index (χ2n) is 5.52. The van der Waals surface area contributed by atoms with E-state index in [9.17, 15) is 4.79 Å². The van der Waals surface area contributed by atoms with Gasteiger partial charge in [0.2, 0.25) is 0 Å². The van der Waals surface area contributed by atoms with Crippen LogP contribution >= 0.6 is 0 Å². The summed E-state index contributed by atoms with van der Waals surface area (Å²) < 4.78 is 0. The molecule has 0 amide bonds. The molecule has 2 nitrogen and oxygen atoms in total. The zero-order valence-corrected chi connectivity index (χ0v) is 11.3. The number of hydrogen-bond acceptors (Lipinski definition) is 2. The van der Waals surface area contributed by atoms with Crippen molar-refractivity contribution in [2.45, 2.75) is 71.1 Å². The molecule has 2 heteroatoms. The molecule has 0 radical (unpaired) electrons. The second-order valence-corrected chi connectivity index (χ2v) is 5.52. The van der Waals surface area contributed by atoms with E-state index in [0.29, 0.717) is 18.3 Å². The summed E-state index contributed by atoms with van der Waals surface area (Å²) in [7, 11) is 0. The average Bonchev–Trinajstić information content (AvgIpc) is 2.33. The number of carbonyl (C=O) groups is 1. The Kier molecular flexibility index (Phi) is 7.50. The van der Waals surface area contributed by atoms with Gasteiger partial charge in [-0.2, -0.15) is 0 Å². The Bertz CT molecular complexity index is 213. The number of unbranched alkanes of at least 4 members (excludes halogenated alkanes) is 3. The maximum absolute atomic E-state index is 11.8. The van der Waals surface area contributed by atoms with Gasteiger partial charge in [0.05, 0.1) is 0 Å². The Labute approximate surface area is 106 Å². The summed E-state index contributed by atoms with van der Waals surface area (Å²) in [6.45, 7) is 2.54. The molecule has 1 N–H and O–H groups in total. The fourth-order valence-corrected chi connectivity index (χ4v) is 3.01. The normalized spacial score (nSPS) is 25.2. The minimum absolute atomic E-state index is 0.306. The summed E-state index contributed by atoms with van der Waals surface area (Å²) in [5.41, 5.74) is 0. The molecule has 2 atom stereocenters. The molecule has 17 heavy (non-hydrogen) atoms. The predicted octanol–water partition coefficient (Wildman–Crippen LogP) is 3.71. The van der Waals surface area contributed by atoms with Crippen LogP contribution in [0.15, 0.2) is 0 Å². The first-order valence-electron chi connectivity index (χ1n) is 7.41. The summed E-state index contributed by atoms with van der Waals surface area (Å²) >= 11 is 0. The maximum atomic E-state index is 11.8. The highest BCUT2D eigenvalue weighted by Crippen LogP contribution is 2.32. The number of carbonyl (C=O) groups excluding carboxylic acids is 1. The molecule has 100 valence electrons. The first-order chi connectivity index (χ1) is 8.27. The number of ketones is 1. The highest BCUT2D eigenvalue weighted by molar-refractivity contribution is 5.81. The number of aliphatic hydroxyl groups is 1. The van der Waals surface area contributed by atoms with Gasteiger partial charge in [0.1, 0.15) is 5.78 Å². The molecule has 0 heterocycles. The van der Waals surface area contributed by atoms with Gasteiger partial charge in [0, 0.05) is 18.9 Å².